The number of aromatic nitrogens is 3. The topological polar surface area (TPSA) is 83.0 Å². The number of nitrogens with two attached hydrogens (primary N) is 1. The quantitative estimate of drug-likeness (QED) is 0.665. The van der Waals surface area contributed by atoms with Crippen LogP contribution >= 0.6 is 11.8 Å². The van der Waals surface area contributed by atoms with Crippen LogP contribution in [0.25, 0.3) is 0 Å². The van der Waals surface area contributed by atoms with Gasteiger partial charge in [-0.3, -0.25) is 0 Å². The second-order valence-electron chi connectivity index (χ2n) is 3.57. The molecular weight excluding hydrogens is 252 g/mol. The van der Waals surface area contributed by atoms with E-state index >= 15 is 0 Å². The predicted octanol–water partition coefficient (Wildman–Crippen LogP) is 1.34. The maximum absolute atomic E-state index is 11.4. The second kappa shape index (κ2) is 5.09. The molecule has 0 bridgehead atoms. The van der Waals surface area contributed by atoms with Crippen molar-refractivity contribution in [3.8, 4) is 0 Å². The molecule has 1 aromatic heterocycles. The summed E-state index contributed by atoms with van der Waals surface area (Å²) in [5.74, 6) is -0.394. The van der Waals surface area contributed by atoms with Gasteiger partial charge in [-0.15, -0.1) is 10.2 Å². The first-order chi connectivity index (χ1) is 8.61. The summed E-state index contributed by atoms with van der Waals surface area (Å²) < 4.78 is 6.44. The number of carbonyl (C=O) groups is 1. The number of nitrogen functional groups attached to an aromatic ring is 1. The summed E-state index contributed by atoms with van der Waals surface area (Å²) in [6.45, 7) is 0. The highest BCUT2D eigenvalue weighted by Gasteiger charge is 2.11. The Morgan fingerprint density at radius 2 is 2.28 bits per heavy atom. The van der Waals surface area contributed by atoms with Gasteiger partial charge >= 0.3 is 5.97 Å². The molecule has 0 aliphatic rings. The van der Waals surface area contributed by atoms with Crippen LogP contribution in [-0.2, 0) is 11.8 Å². The molecule has 0 amide bonds. The summed E-state index contributed by atoms with van der Waals surface area (Å²) in [5, 5.41) is 8.43. The van der Waals surface area contributed by atoms with Crippen LogP contribution in [0.3, 0.4) is 0 Å². The van der Waals surface area contributed by atoms with Crippen molar-refractivity contribution in [2.75, 3.05) is 12.8 Å². The van der Waals surface area contributed by atoms with Gasteiger partial charge in [0, 0.05) is 17.6 Å². The lowest BCUT2D eigenvalue weighted by molar-refractivity contribution is 0.0600. The van der Waals surface area contributed by atoms with Crippen molar-refractivity contribution in [3.05, 3.63) is 30.1 Å². The van der Waals surface area contributed by atoms with Crippen molar-refractivity contribution >= 4 is 23.4 Å². The van der Waals surface area contributed by atoms with E-state index in [4.69, 9.17) is 5.73 Å². The highest BCUT2D eigenvalue weighted by atomic mass is 32.2. The number of rotatable bonds is 3. The highest BCUT2D eigenvalue weighted by molar-refractivity contribution is 7.99. The summed E-state index contributed by atoms with van der Waals surface area (Å²) in [5.41, 5.74) is 6.90. The number of esters is 1. The number of aryl methyl sites for hydroxylation is 1. The molecule has 0 radical (unpaired) electrons. The molecule has 1 aromatic carbocycles. The van der Waals surface area contributed by atoms with Crippen LogP contribution in [0.2, 0.25) is 0 Å². The fraction of sp³-hybridized carbons (Fsp3) is 0.182. The Labute approximate surface area is 108 Å². The summed E-state index contributed by atoms with van der Waals surface area (Å²) in [7, 11) is 3.18. The van der Waals surface area contributed by atoms with Crippen LogP contribution in [0.1, 0.15) is 10.4 Å². The highest BCUT2D eigenvalue weighted by Crippen LogP contribution is 2.31. The molecule has 0 spiro atoms. The largest absolute Gasteiger partial charge is 0.465 e. The van der Waals surface area contributed by atoms with Gasteiger partial charge in [-0.2, -0.15) is 0 Å². The molecule has 0 unspecified atom stereocenters. The van der Waals surface area contributed by atoms with Gasteiger partial charge in [-0.1, -0.05) is 0 Å². The second-order valence-corrected chi connectivity index (χ2v) is 4.58. The number of benzene rings is 1. The monoisotopic (exact) mass is 264 g/mol. The van der Waals surface area contributed by atoms with Crippen LogP contribution in [0.15, 0.2) is 34.6 Å². The maximum Gasteiger partial charge on any atom is 0.337 e. The molecule has 0 saturated heterocycles. The zero-order valence-electron chi connectivity index (χ0n) is 9.95. The predicted molar refractivity (Wildman–Crippen MR) is 67.3 cm³/mol. The Hall–Kier alpha value is -2.02. The van der Waals surface area contributed by atoms with Gasteiger partial charge < -0.3 is 15.0 Å². The van der Waals surface area contributed by atoms with E-state index < -0.39 is 5.97 Å². The number of ether oxygens (including phenoxy) is 1. The molecule has 0 atom stereocenters. The Kier molecular flexibility index (Phi) is 3.52. The standard InChI is InChI=1S/C11H12N4O2S/c1-15-6-13-14-11(15)18-9-5-7(10(16)17-2)3-4-8(9)12/h3-6H,12H2,1-2H3. The minimum atomic E-state index is -0.394. The van der Waals surface area contributed by atoms with Crippen molar-refractivity contribution in [3.63, 3.8) is 0 Å². The minimum Gasteiger partial charge on any atom is -0.465 e. The number of carbonyl (C=O) groups excluding carboxylic acids is 1. The first-order valence-electron chi connectivity index (χ1n) is 5.11. The van der Waals surface area contributed by atoms with Crippen molar-refractivity contribution in [2.45, 2.75) is 10.1 Å². The summed E-state index contributed by atoms with van der Waals surface area (Å²) in [4.78, 5) is 12.2. The van der Waals surface area contributed by atoms with Gasteiger partial charge in [0.1, 0.15) is 6.33 Å². The number of anilines is 1. The minimum absolute atomic E-state index is 0.394. The maximum atomic E-state index is 11.4. The van der Waals surface area contributed by atoms with Crippen molar-refractivity contribution in [1.29, 1.82) is 0 Å². The van der Waals surface area contributed by atoms with Gasteiger partial charge in [0.25, 0.3) is 0 Å². The third-order valence-corrected chi connectivity index (χ3v) is 3.43. The van der Waals surface area contributed by atoms with E-state index in [1.807, 2.05) is 7.05 Å². The Balaban J connectivity index is 2.32. The van der Waals surface area contributed by atoms with Gasteiger partial charge in [0.05, 0.1) is 12.7 Å². The lowest BCUT2D eigenvalue weighted by Gasteiger charge is -2.06. The molecule has 1 heterocycles. The van der Waals surface area contributed by atoms with E-state index in [9.17, 15) is 4.79 Å². The van der Waals surface area contributed by atoms with E-state index in [2.05, 4.69) is 14.9 Å². The normalized spacial score (nSPS) is 10.3. The van der Waals surface area contributed by atoms with Crippen molar-refractivity contribution < 1.29 is 9.53 Å². The molecule has 2 N–H and O–H groups in total. The van der Waals surface area contributed by atoms with Crippen molar-refractivity contribution in [1.82, 2.24) is 14.8 Å². The molecule has 0 fully saturated rings. The van der Waals surface area contributed by atoms with Crippen LogP contribution in [0.4, 0.5) is 5.69 Å². The number of hydrogen-bond acceptors (Lipinski definition) is 6. The van der Waals surface area contributed by atoms with Crippen LogP contribution in [0, 0.1) is 0 Å². The molecule has 94 valence electrons. The molecule has 7 heteroatoms. The fourth-order valence-corrected chi connectivity index (χ4v) is 2.18. The third-order valence-electron chi connectivity index (χ3n) is 2.31. The average molecular weight is 264 g/mol. The smallest absolute Gasteiger partial charge is 0.337 e. The van der Waals surface area contributed by atoms with Crippen LogP contribution in [0.5, 0.6) is 0 Å². The molecule has 2 rings (SSSR count). The third kappa shape index (κ3) is 2.45. The summed E-state index contributed by atoms with van der Waals surface area (Å²) in [6, 6.07) is 4.98. The Morgan fingerprint density at radius 1 is 1.50 bits per heavy atom. The SMILES string of the molecule is COC(=O)c1ccc(N)c(Sc2nncn2C)c1. The van der Waals surface area contributed by atoms with Crippen LogP contribution in [-0.4, -0.2) is 27.8 Å². The fourth-order valence-electron chi connectivity index (χ4n) is 1.33. The molecule has 0 aliphatic carbocycles. The average Bonchev–Trinajstić information content (AvgIpc) is 2.77. The Bertz CT molecular complexity index is 582. The Morgan fingerprint density at radius 3 is 2.89 bits per heavy atom. The van der Waals surface area contributed by atoms with E-state index in [1.165, 1.54) is 18.9 Å². The van der Waals surface area contributed by atoms with Crippen LogP contribution < -0.4 is 5.73 Å². The lowest BCUT2D eigenvalue weighted by Crippen LogP contribution is -2.02. The van der Waals surface area contributed by atoms with Crippen molar-refractivity contribution in [2.24, 2.45) is 7.05 Å². The summed E-state index contributed by atoms with van der Waals surface area (Å²) in [6.07, 6.45) is 1.60. The molecule has 6 nitrogen and oxygen atoms in total. The molecule has 18 heavy (non-hydrogen) atoms. The van der Waals surface area contributed by atoms with Gasteiger partial charge in [-0.05, 0) is 30.0 Å². The molecule has 2 aromatic rings. The molecule has 0 aliphatic heterocycles. The van der Waals surface area contributed by atoms with E-state index in [-0.39, 0.29) is 0 Å². The van der Waals surface area contributed by atoms with E-state index in [0.29, 0.717) is 16.4 Å². The number of methoxy groups -OCH3 is 1. The van der Waals surface area contributed by atoms with E-state index in [1.54, 1.807) is 29.1 Å². The number of nitrogens with zero attached hydrogens (tertiary/aromatic N) is 3. The summed E-state index contributed by atoms with van der Waals surface area (Å²) >= 11 is 1.35. The van der Waals surface area contributed by atoms with Gasteiger partial charge in [0.15, 0.2) is 5.16 Å². The zero-order chi connectivity index (χ0) is 13.1. The zero-order valence-corrected chi connectivity index (χ0v) is 10.8. The molecular formula is C11H12N4O2S. The molecule has 0 saturated carbocycles. The van der Waals surface area contributed by atoms with Gasteiger partial charge in [-0.25, -0.2) is 4.79 Å². The first-order valence-corrected chi connectivity index (χ1v) is 5.93. The lowest BCUT2D eigenvalue weighted by atomic mass is 10.2. The number of hydrogen-bond donors (Lipinski definition) is 1. The first kappa shape index (κ1) is 12.4. The van der Waals surface area contributed by atoms with Gasteiger partial charge in [0.2, 0.25) is 0 Å². The van der Waals surface area contributed by atoms with E-state index in [0.717, 1.165) is 4.90 Å².